The molecule has 1 aromatic heterocycles. The lowest BCUT2D eigenvalue weighted by molar-refractivity contribution is -0.132. The number of hydrogen-bond donors (Lipinski definition) is 2. The van der Waals surface area contributed by atoms with E-state index < -0.39 is 5.41 Å². The van der Waals surface area contributed by atoms with Gasteiger partial charge in [-0.1, -0.05) is 5.16 Å². The lowest BCUT2D eigenvalue weighted by Crippen LogP contribution is -2.53. The summed E-state index contributed by atoms with van der Waals surface area (Å²) in [5.41, 5.74) is 0.489. The van der Waals surface area contributed by atoms with E-state index in [1.165, 1.54) is 0 Å². The first kappa shape index (κ1) is 22.2. The highest BCUT2D eigenvalue weighted by atomic mass is 16.5. The summed E-state index contributed by atoms with van der Waals surface area (Å²) >= 11 is 0. The van der Waals surface area contributed by atoms with Crippen LogP contribution in [0.3, 0.4) is 0 Å². The first-order chi connectivity index (χ1) is 13.9. The Morgan fingerprint density at radius 1 is 1.38 bits per heavy atom. The van der Waals surface area contributed by atoms with Crippen molar-refractivity contribution in [1.82, 2.24) is 20.7 Å². The monoisotopic (exact) mass is 406 g/mol. The summed E-state index contributed by atoms with van der Waals surface area (Å²) in [5.74, 6) is 1.25. The SMILES string of the molecule is CC(C)N(CCNC(=O)[C@@]1(Cc2cc([C@H]3CCOC3)no2)CCCNC1)C(C)C. The first-order valence-corrected chi connectivity index (χ1v) is 11.2. The topological polar surface area (TPSA) is 79.6 Å². The largest absolute Gasteiger partial charge is 0.381 e. The molecule has 0 aromatic carbocycles. The third-order valence-corrected chi connectivity index (χ3v) is 6.37. The Kier molecular flexibility index (Phi) is 7.71. The molecule has 1 amide bonds. The molecule has 0 bridgehead atoms. The molecule has 2 atom stereocenters. The lowest BCUT2D eigenvalue weighted by atomic mass is 9.76. The number of nitrogens with one attached hydrogen (secondary N) is 2. The summed E-state index contributed by atoms with van der Waals surface area (Å²) in [6.45, 7) is 13.5. The zero-order valence-corrected chi connectivity index (χ0v) is 18.5. The van der Waals surface area contributed by atoms with Crippen LogP contribution in [0, 0.1) is 5.41 Å². The molecule has 2 aliphatic heterocycles. The van der Waals surface area contributed by atoms with Crippen LogP contribution in [-0.2, 0) is 16.0 Å². The van der Waals surface area contributed by atoms with E-state index in [-0.39, 0.29) is 5.91 Å². The van der Waals surface area contributed by atoms with Crippen LogP contribution in [0.25, 0.3) is 0 Å². The number of amides is 1. The van der Waals surface area contributed by atoms with E-state index in [0.29, 0.717) is 44.1 Å². The molecule has 2 N–H and O–H groups in total. The van der Waals surface area contributed by atoms with E-state index in [1.807, 2.05) is 6.07 Å². The fraction of sp³-hybridized carbons (Fsp3) is 0.818. The zero-order chi connectivity index (χ0) is 20.9. The number of rotatable bonds is 9. The van der Waals surface area contributed by atoms with Crippen molar-refractivity contribution in [2.75, 3.05) is 39.4 Å². The minimum Gasteiger partial charge on any atom is -0.381 e. The van der Waals surface area contributed by atoms with Crippen molar-refractivity contribution in [1.29, 1.82) is 0 Å². The van der Waals surface area contributed by atoms with Crippen molar-refractivity contribution in [2.24, 2.45) is 5.41 Å². The molecule has 29 heavy (non-hydrogen) atoms. The van der Waals surface area contributed by atoms with Crippen LogP contribution >= 0.6 is 0 Å². The number of nitrogens with zero attached hydrogens (tertiary/aromatic N) is 2. The lowest BCUT2D eigenvalue weighted by Gasteiger charge is -2.36. The van der Waals surface area contributed by atoms with Gasteiger partial charge in [0.2, 0.25) is 5.91 Å². The van der Waals surface area contributed by atoms with Gasteiger partial charge in [0.25, 0.3) is 0 Å². The normalized spacial score (nSPS) is 25.3. The van der Waals surface area contributed by atoms with Crippen molar-refractivity contribution in [3.05, 3.63) is 17.5 Å². The quantitative estimate of drug-likeness (QED) is 0.655. The third-order valence-electron chi connectivity index (χ3n) is 6.37. The molecule has 0 radical (unpaired) electrons. The second-order valence-electron chi connectivity index (χ2n) is 9.20. The smallest absolute Gasteiger partial charge is 0.228 e. The van der Waals surface area contributed by atoms with E-state index >= 15 is 0 Å². The molecular formula is C22H38N4O3. The van der Waals surface area contributed by atoms with Gasteiger partial charge in [-0.25, -0.2) is 0 Å². The Morgan fingerprint density at radius 2 is 2.17 bits per heavy atom. The molecule has 3 rings (SSSR count). The number of piperidine rings is 1. The first-order valence-electron chi connectivity index (χ1n) is 11.2. The van der Waals surface area contributed by atoms with Crippen molar-refractivity contribution < 1.29 is 14.1 Å². The molecule has 164 valence electrons. The van der Waals surface area contributed by atoms with Crippen molar-refractivity contribution in [2.45, 2.75) is 71.4 Å². The van der Waals surface area contributed by atoms with E-state index in [2.05, 4.69) is 48.4 Å². The highest BCUT2D eigenvalue weighted by Gasteiger charge is 2.41. The van der Waals surface area contributed by atoms with E-state index in [4.69, 9.17) is 9.26 Å². The minimum absolute atomic E-state index is 0.124. The molecule has 7 nitrogen and oxygen atoms in total. The molecule has 0 saturated carbocycles. The van der Waals surface area contributed by atoms with Gasteiger partial charge in [0.1, 0.15) is 5.76 Å². The van der Waals surface area contributed by atoms with Crippen molar-refractivity contribution >= 4 is 5.91 Å². The molecule has 1 aromatic rings. The van der Waals surface area contributed by atoms with Gasteiger partial charge in [-0.3, -0.25) is 9.69 Å². The van der Waals surface area contributed by atoms with Gasteiger partial charge in [0.05, 0.1) is 17.7 Å². The molecular weight excluding hydrogens is 368 g/mol. The molecule has 0 spiro atoms. The van der Waals surface area contributed by atoms with Crippen LogP contribution in [0.15, 0.2) is 10.6 Å². The van der Waals surface area contributed by atoms with Crippen LogP contribution in [0.4, 0.5) is 0 Å². The summed E-state index contributed by atoms with van der Waals surface area (Å²) in [7, 11) is 0. The van der Waals surface area contributed by atoms with Gasteiger partial charge < -0.3 is 19.9 Å². The van der Waals surface area contributed by atoms with Crippen LogP contribution in [0.5, 0.6) is 0 Å². The highest BCUT2D eigenvalue weighted by molar-refractivity contribution is 5.83. The average Bonchev–Trinajstić information content (AvgIpc) is 3.36. The second kappa shape index (κ2) is 10.0. The van der Waals surface area contributed by atoms with Crippen molar-refractivity contribution in [3.8, 4) is 0 Å². The van der Waals surface area contributed by atoms with Gasteiger partial charge in [-0.15, -0.1) is 0 Å². The fourth-order valence-electron chi connectivity index (χ4n) is 4.70. The number of ether oxygens (including phenoxy) is 1. The maximum atomic E-state index is 13.3. The average molecular weight is 407 g/mol. The summed E-state index contributed by atoms with van der Waals surface area (Å²) in [6, 6.07) is 2.95. The predicted molar refractivity (Wildman–Crippen MR) is 113 cm³/mol. The Hall–Kier alpha value is -1.44. The zero-order valence-electron chi connectivity index (χ0n) is 18.5. The van der Waals surface area contributed by atoms with Crippen LogP contribution < -0.4 is 10.6 Å². The summed E-state index contributed by atoms with van der Waals surface area (Å²) < 4.78 is 11.1. The maximum absolute atomic E-state index is 13.3. The van der Waals surface area contributed by atoms with E-state index in [9.17, 15) is 4.79 Å². The molecule has 3 heterocycles. The number of hydrogen-bond acceptors (Lipinski definition) is 6. The Morgan fingerprint density at radius 3 is 2.79 bits per heavy atom. The second-order valence-corrected chi connectivity index (χ2v) is 9.20. The Balaban J connectivity index is 1.62. The summed E-state index contributed by atoms with van der Waals surface area (Å²) in [6.07, 6.45) is 3.44. The van der Waals surface area contributed by atoms with E-state index in [1.54, 1.807) is 0 Å². The number of carbonyl (C=O) groups excluding carboxylic acids is 1. The molecule has 2 aliphatic rings. The van der Waals surface area contributed by atoms with E-state index in [0.717, 1.165) is 50.4 Å². The molecule has 2 fully saturated rings. The summed E-state index contributed by atoms with van der Waals surface area (Å²) in [4.78, 5) is 15.7. The fourth-order valence-corrected chi connectivity index (χ4v) is 4.70. The molecule has 0 unspecified atom stereocenters. The van der Waals surface area contributed by atoms with Gasteiger partial charge in [0.15, 0.2) is 0 Å². The standard InChI is InChI=1S/C22H38N4O3/c1-16(2)26(17(3)4)10-9-24-21(27)22(7-5-8-23-15-22)13-19-12-20(25-29-19)18-6-11-28-14-18/h12,16-18,23H,5-11,13-15H2,1-4H3,(H,24,27)/t18-,22+/m0/s1. The Labute approximate surface area is 174 Å². The molecule has 0 aliphatic carbocycles. The maximum Gasteiger partial charge on any atom is 0.228 e. The third kappa shape index (κ3) is 5.58. The Bertz CT molecular complexity index is 638. The molecule has 7 heteroatoms. The van der Waals surface area contributed by atoms with Crippen LogP contribution in [0.2, 0.25) is 0 Å². The van der Waals surface area contributed by atoms with Crippen molar-refractivity contribution in [3.63, 3.8) is 0 Å². The van der Waals surface area contributed by atoms with Crippen LogP contribution in [-0.4, -0.2) is 67.4 Å². The number of carbonyl (C=O) groups is 1. The van der Waals surface area contributed by atoms with Gasteiger partial charge in [0, 0.05) is 56.7 Å². The van der Waals surface area contributed by atoms with Crippen LogP contribution in [0.1, 0.15) is 64.3 Å². The minimum atomic E-state index is -0.471. The number of aromatic nitrogens is 1. The molecule has 2 saturated heterocycles. The highest BCUT2D eigenvalue weighted by Crippen LogP contribution is 2.33. The summed E-state index contributed by atoms with van der Waals surface area (Å²) in [5, 5.41) is 10.9. The van der Waals surface area contributed by atoms with Gasteiger partial charge >= 0.3 is 0 Å². The predicted octanol–water partition coefficient (Wildman–Crippen LogP) is 2.33. The van der Waals surface area contributed by atoms with Gasteiger partial charge in [-0.2, -0.15) is 0 Å². The van der Waals surface area contributed by atoms with Gasteiger partial charge in [-0.05, 0) is 53.5 Å².